The summed E-state index contributed by atoms with van der Waals surface area (Å²) in [6, 6.07) is 0. The number of nitrogens with one attached hydrogen (secondary N) is 1. The van der Waals surface area contributed by atoms with Gasteiger partial charge in [-0.3, -0.25) is 4.40 Å². The molecule has 0 atom stereocenters. The molecule has 0 aliphatic rings. The van der Waals surface area contributed by atoms with Crippen LogP contribution in [0.5, 0.6) is 0 Å². The zero-order valence-corrected chi connectivity index (χ0v) is 11.8. The van der Waals surface area contributed by atoms with Crippen molar-refractivity contribution in [2.24, 2.45) is 0 Å². The number of imidazole rings is 1. The Hall–Kier alpha value is -0.580. The van der Waals surface area contributed by atoms with Crippen molar-refractivity contribution in [2.75, 3.05) is 5.88 Å². The first-order valence-corrected chi connectivity index (χ1v) is 7.36. The first kappa shape index (κ1) is 12.9. The Morgan fingerprint density at radius 3 is 2.82 bits per heavy atom. The van der Waals surface area contributed by atoms with Gasteiger partial charge in [-0.05, 0) is 12.8 Å². The first-order chi connectivity index (χ1) is 8.23. The molecule has 0 fully saturated rings. The van der Waals surface area contributed by atoms with Gasteiger partial charge in [0, 0.05) is 35.7 Å². The van der Waals surface area contributed by atoms with Gasteiger partial charge >= 0.3 is 0 Å². The van der Waals surface area contributed by atoms with Crippen LogP contribution in [0.25, 0.3) is 4.96 Å². The van der Waals surface area contributed by atoms with Crippen molar-refractivity contribution in [3.8, 4) is 0 Å². The van der Waals surface area contributed by atoms with Gasteiger partial charge in [0.1, 0.15) is 0 Å². The van der Waals surface area contributed by atoms with Crippen molar-refractivity contribution in [3.05, 3.63) is 23.5 Å². The van der Waals surface area contributed by atoms with Crippen LogP contribution in [0, 0.1) is 0 Å². The van der Waals surface area contributed by atoms with Crippen LogP contribution in [0.4, 0.5) is 0 Å². The number of alkyl halides is 1. The van der Waals surface area contributed by atoms with Crippen molar-refractivity contribution in [1.82, 2.24) is 14.7 Å². The van der Waals surface area contributed by atoms with Gasteiger partial charge in [-0.15, -0.1) is 22.9 Å². The molecule has 2 aromatic heterocycles. The predicted octanol–water partition coefficient (Wildman–Crippen LogP) is 3.28. The number of rotatable bonds is 6. The molecule has 0 saturated carbocycles. The van der Waals surface area contributed by atoms with Gasteiger partial charge < -0.3 is 5.32 Å². The molecule has 3 nitrogen and oxygen atoms in total. The van der Waals surface area contributed by atoms with Gasteiger partial charge in [0.25, 0.3) is 0 Å². The number of aromatic nitrogens is 2. The molecule has 0 saturated heterocycles. The molecule has 0 aliphatic heterocycles. The third kappa shape index (κ3) is 2.64. The lowest BCUT2D eigenvalue weighted by Crippen LogP contribution is -2.45. The summed E-state index contributed by atoms with van der Waals surface area (Å²) in [6.07, 6.45) is 6.18. The Morgan fingerprint density at radius 1 is 1.47 bits per heavy atom. The Bertz CT molecular complexity index is 436. The Kier molecular flexibility index (Phi) is 4.07. The minimum absolute atomic E-state index is 0.0403. The summed E-state index contributed by atoms with van der Waals surface area (Å²) in [5.41, 5.74) is 1.12. The molecule has 0 bridgehead atoms. The normalized spacial score (nSPS) is 12.4. The lowest BCUT2D eigenvalue weighted by molar-refractivity contribution is 0.333. The fourth-order valence-corrected chi connectivity index (χ4v) is 3.07. The molecule has 1 N–H and O–H groups in total. The molecular weight excluding hydrogens is 254 g/mol. The van der Waals surface area contributed by atoms with Crippen LogP contribution in [0.15, 0.2) is 17.8 Å². The van der Waals surface area contributed by atoms with E-state index in [0.717, 1.165) is 30.0 Å². The molecule has 17 heavy (non-hydrogen) atoms. The van der Waals surface area contributed by atoms with Crippen molar-refractivity contribution in [3.63, 3.8) is 0 Å². The lowest BCUT2D eigenvalue weighted by atomic mass is 9.95. The monoisotopic (exact) mass is 271 g/mol. The number of hydrogen-bond acceptors (Lipinski definition) is 3. The van der Waals surface area contributed by atoms with E-state index in [1.54, 1.807) is 11.3 Å². The highest BCUT2D eigenvalue weighted by molar-refractivity contribution is 7.15. The maximum Gasteiger partial charge on any atom is 0.193 e. The summed E-state index contributed by atoms with van der Waals surface area (Å²) in [5.74, 6) is 0.641. The summed E-state index contributed by atoms with van der Waals surface area (Å²) < 4.78 is 2.06. The van der Waals surface area contributed by atoms with E-state index >= 15 is 0 Å². The smallest absolute Gasteiger partial charge is 0.193 e. The number of fused-ring (bicyclic) bond motifs is 1. The van der Waals surface area contributed by atoms with Gasteiger partial charge in [-0.2, -0.15) is 0 Å². The van der Waals surface area contributed by atoms with E-state index in [1.165, 1.54) is 0 Å². The van der Waals surface area contributed by atoms with Gasteiger partial charge in [-0.1, -0.05) is 13.8 Å². The fraction of sp³-hybridized carbons (Fsp3) is 0.583. The molecular formula is C12H18ClN3S. The molecule has 0 spiro atoms. The molecule has 0 amide bonds. The van der Waals surface area contributed by atoms with Gasteiger partial charge in [0.15, 0.2) is 4.96 Å². The Morgan fingerprint density at radius 2 is 2.24 bits per heavy atom. The van der Waals surface area contributed by atoms with E-state index in [9.17, 15) is 0 Å². The predicted molar refractivity (Wildman–Crippen MR) is 73.9 cm³/mol. The molecule has 94 valence electrons. The standard InChI is InChI=1S/C12H18ClN3S/c1-3-12(4-2,9-13)14-7-10-8-16-5-6-17-11(16)15-10/h5-6,8,14H,3-4,7,9H2,1-2H3. The van der Waals surface area contributed by atoms with E-state index in [1.807, 2.05) is 11.6 Å². The third-order valence-electron chi connectivity index (χ3n) is 3.40. The maximum absolute atomic E-state index is 6.06. The van der Waals surface area contributed by atoms with E-state index in [2.05, 4.69) is 34.7 Å². The minimum atomic E-state index is 0.0403. The van der Waals surface area contributed by atoms with Crippen LogP contribution in [-0.4, -0.2) is 20.8 Å². The summed E-state index contributed by atoms with van der Waals surface area (Å²) in [4.78, 5) is 5.60. The molecule has 0 radical (unpaired) electrons. The minimum Gasteiger partial charge on any atom is -0.304 e. The second-order valence-corrected chi connectivity index (χ2v) is 5.44. The van der Waals surface area contributed by atoms with E-state index in [0.29, 0.717) is 5.88 Å². The largest absolute Gasteiger partial charge is 0.304 e. The third-order valence-corrected chi connectivity index (χ3v) is 4.68. The van der Waals surface area contributed by atoms with Crippen LogP contribution in [-0.2, 0) is 6.54 Å². The van der Waals surface area contributed by atoms with E-state index < -0.39 is 0 Å². The van der Waals surface area contributed by atoms with Crippen LogP contribution in [0.3, 0.4) is 0 Å². The number of thiazole rings is 1. The summed E-state index contributed by atoms with van der Waals surface area (Å²) in [7, 11) is 0. The summed E-state index contributed by atoms with van der Waals surface area (Å²) in [5, 5.41) is 5.59. The number of halogens is 1. The van der Waals surface area contributed by atoms with Crippen molar-refractivity contribution < 1.29 is 0 Å². The van der Waals surface area contributed by atoms with Gasteiger partial charge in [0.05, 0.1) is 5.69 Å². The van der Waals surface area contributed by atoms with Gasteiger partial charge in [0.2, 0.25) is 0 Å². The van der Waals surface area contributed by atoms with Gasteiger partial charge in [-0.25, -0.2) is 4.98 Å². The van der Waals surface area contributed by atoms with E-state index in [4.69, 9.17) is 11.6 Å². The van der Waals surface area contributed by atoms with E-state index in [-0.39, 0.29) is 5.54 Å². The SMILES string of the molecule is CCC(CC)(CCl)NCc1cn2ccsc2n1. The lowest BCUT2D eigenvalue weighted by Gasteiger charge is -2.30. The van der Waals surface area contributed by atoms with Crippen LogP contribution in [0.1, 0.15) is 32.4 Å². The Labute approximate surface area is 111 Å². The second-order valence-electron chi connectivity index (χ2n) is 4.30. The number of hydrogen-bond donors (Lipinski definition) is 1. The average Bonchev–Trinajstić information content (AvgIpc) is 2.92. The van der Waals surface area contributed by atoms with Crippen LogP contribution >= 0.6 is 22.9 Å². The highest BCUT2D eigenvalue weighted by atomic mass is 35.5. The molecule has 5 heteroatoms. The highest BCUT2D eigenvalue weighted by Gasteiger charge is 2.24. The zero-order valence-electron chi connectivity index (χ0n) is 10.2. The second kappa shape index (κ2) is 5.38. The van der Waals surface area contributed by atoms with Crippen LogP contribution < -0.4 is 5.32 Å². The maximum atomic E-state index is 6.06. The first-order valence-electron chi connectivity index (χ1n) is 5.95. The van der Waals surface area contributed by atoms with Crippen LogP contribution in [0.2, 0.25) is 0 Å². The topological polar surface area (TPSA) is 29.3 Å². The zero-order chi connectivity index (χ0) is 12.3. The highest BCUT2D eigenvalue weighted by Crippen LogP contribution is 2.18. The molecule has 0 unspecified atom stereocenters. The van der Waals surface area contributed by atoms with Crippen molar-refractivity contribution in [1.29, 1.82) is 0 Å². The summed E-state index contributed by atoms with van der Waals surface area (Å²) in [6.45, 7) is 5.12. The molecule has 0 aliphatic carbocycles. The van der Waals surface area contributed by atoms with Crippen molar-refractivity contribution in [2.45, 2.75) is 38.8 Å². The molecule has 0 aromatic carbocycles. The van der Waals surface area contributed by atoms with Crippen molar-refractivity contribution >= 4 is 27.9 Å². The quantitative estimate of drug-likeness (QED) is 0.817. The molecule has 2 heterocycles. The summed E-state index contributed by atoms with van der Waals surface area (Å²) >= 11 is 7.72. The molecule has 2 aromatic rings. The molecule has 2 rings (SSSR count). The average molecular weight is 272 g/mol. The Balaban J connectivity index is 2.04. The fourth-order valence-electron chi connectivity index (χ4n) is 1.88. The number of nitrogens with zero attached hydrogens (tertiary/aromatic N) is 2.